The van der Waals surface area contributed by atoms with Gasteiger partial charge in [-0.15, -0.1) is 0 Å². The van der Waals surface area contributed by atoms with Crippen molar-refractivity contribution < 1.29 is 4.79 Å². The maximum Gasteiger partial charge on any atom is 0.226 e. The first-order valence-corrected chi connectivity index (χ1v) is 6.67. The van der Waals surface area contributed by atoms with E-state index in [2.05, 4.69) is 15.9 Å². The van der Waals surface area contributed by atoms with Crippen molar-refractivity contribution in [1.82, 2.24) is 0 Å². The number of alkyl halides is 1. The molecule has 0 atom stereocenters. The highest BCUT2D eigenvalue weighted by atomic mass is 79.9. The second-order valence-electron chi connectivity index (χ2n) is 3.89. The van der Waals surface area contributed by atoms with Crippen molar-refractivity contribution >= 4 is 27.5 Å². The van der Waals surface area contributed by atoms with E-state index in [9.17, 15) is 4.79 Å². The molecule has 0 aliphatic heterocycles. The summed E-state index contributed by atoms with van der Waals surface area (Å²) in [5, 5.41) is 0.967. The predicted octanol–water partition coefficient (Wildman–Crippen LogP) is 3.52. The SMILES string of the molecule is Cc1ccccc1N(C)C(=O)CCCCBr. The molecule has 0 saturated heterocycles. The summed E-state index contributed by atoms with van der Waals surface area (Å²) in [5.74, 6) is 0.190. The summed E-state index contributed by atoms with van der Waals surface area (Å²) < 4.78 is 0. The molecule has 2 nitrogen and oxygen atoms in total. The van der Waals surface area contributed by atoms with Gasteiger partial charge >= 0.3 is 0 Å². The van der Waals surface area contributed by atoms with Gasteiger partial charge in [-0.25, -0.2) is 0 Å². The number of amides is 1. The fourth-order valence-electron chi connectivity index (χ4n) is 1.61. The lowest BCUT2D eigenvalue weighted by atomic mass is 10.1. The van der Waals surface area contributed by atoms with Crippen molar-refractivity contribution in [2.45, 2.75) is 26.2 Å². The Kier molecular flexibility index (Phi) is 5.53. The molecule has 0 saturated carbocycles. The maximum atomic E-state index is 11.9. The van der Waals surface area contributed by atoms with Crippen LogP contribution in [-0.4, -0.2) is 18.3 Å². The minimum absolute atomic E-state index is 0.190. The van der Waals surface area contributed by atoms with Gasteiger partial charge in [0, 0.05) is 24.5 Å². The second kappa shape index (κ2) is 6.69. The molecule has 0 heterocycles. The minimum atomic E-state index is 0.190. The van der Waals surface area contributed by atoms with E-state index >= 15 is 0 Å². The first-order valence-electron chi connectivity index (χ1n) is 5.55. The van der Waals surface area contributed by atoms with E-state index in [1.54, 1.807) is 4.90 Å². The summed E-state index contributed by atoms with van der Waals surface area (Å²) in [7, 11) is 1.85. The third-order valence-electron chi connectivity index (χ3n) is 2.63. The van der Waals surface area contributed by atoms with Crippen LogP contribution in [0.3, 0.4) is 0 Å². The predicted molar refractivity (Wildman–Crippen MR) is 72.2 cm³/mol. The molecule has 1 amide bonds. The fourth-order valence-corrected chi connectivity index (χ4v) is 2.01. The van der Waals surface area contributed by atoms with Crippen LogP contribution in [0.5, 0.6) is 0 Å². The van der Waals surface area contributed by atoms with Gasteiger partial charge in [-0.05, 0) is 31.4 Å². The van der Waals surface area contributed by atoms with Gasteiger partial charge in [0.25, 0.3) is 0 Å². The summed E-state index contributed by atoms with van der Waals surface area (Å²) >= 11 is 3.37. The van der Waals surface area contributed by atoms with Crippen LogP contribution in [0.2, 0.25) is 0 Å². The Labute approximate surface area is 106 Å². The average Bonchev–Trinajstić information content (AvgIpc) is 2.29. The van der Waals surface area contributed by atoms with Crippen LogP contribution in [0.4, 0.5) is 5.69 Å². The third kappa shape index (κ3) is 3.63. The highest BCUT2D eigenvalue weighted by molar-refractivity contribution is 9.09. The number of anilines is 1. The van der Waals surface area contributed by atoms with E-state index in [1.807, 2.05) is 38.2 Å². The first kappa shape index (κ1) is 13.2. The number of nitrogens with zero attached hydrogens (tertiary/aromatic N) is 1. The van der Waals surface area contributed by atoms with Crippen LogP contribution in [0.1, 0.15) is 24.8 Å². The van der Waals surface area contributed by atoms with Crippen molar-refractivity contribution in [2.75, 3.05) is 17.3 Å². The molecule has 0 aliphatic rings. The number of halogens is 1. The lowest BCUT2D eigenvalue weighted by Crippen LogP contribution is -2.26. The Bertz CT molecular complexity index is 352. The highest BCUT2D eigenvalue weighted by Crippen LogP contribution is 2.18. The number of para-hydroxylation sites is 1. The number of carbonyl (C=O) groups excluding carboxylic acids is 1. The van der Waals surface area contributed by atoms with Crippen molar-refractivity contribution in [3.63, 3.8) is 0 Å². The lowest BCUT2D eigenvalue weighted by Gasteiger charge is -2.19. The van der Waals surface area contributed by atoms with Gasteiger partial charge in [-0.2, -0.15) is 0 Å². The smallest absolute Gasteiger partial charge is 0.226 e. The maximum absolute atomic E-state index is 11.9. The summed E-state index contributed by atoms with van der Waals surface area (Å²) in [6.07, 6.45) is 2.62. The first-order chi connectivity index (χ1) is 7.66. The Hall–Kier alpha value is -0.830. The molecule has 0 spiro atoms. The molecule has 1 aromatic carbocycles. The fraction of sp³-hybridized carbons (Fsp3) is 0.462. The number of aryl methyl sites for hydroxylation is 1. The van der Waals surface area contributed by atoms with E-state index in [0.29, 0.717) is 6.42 Å². The molecule has 3 heteroatoms. The minimum Gasteiger partial charge on any atom is -0.315 e. The Morgan fingerprint density at radius 3 is 2.62 bits per heavy atom. The van der Waals surface area contributed by atoms with Crippen LogP contribution in [0.25, 0.3) is 0 Å². The van der Waals surface area contributed by atoms with Gasteiger partial charge in [0.2, 0.25) is 5.91 Å². The summed E-state index contributed by atoms with van der Waals surface area (Å²) in [4.78, 5) is 13.6. The van der Waals surface area contributed by atoms with Gasteiger partial charge < -0.3 is 4.90 Å². The number of rotatable bonds is 5. The van der Waals surface area contributed by atoms with Crippen molar-refractivity contribution in [3.8, 4) is 0 Å². The van der Waals surface area contributed by atoms with E-state index in [4.69, 9.17) is 0 Å². The van der Waals surface area contributed by atoms with Gasteiger partial charge in [0.15, 0.2) is 0 Å². The van der Waals surface area contributed by atoms with Crippen LogP contribution in [0, 0.1) is 6.92 Å². The zero-order valence-electron chi connectivity index (χ0n) is 9.87. The summed E-state index contributed by atoms with van der Waals surface area (Å²) in [5.41, 5.74) is 2.14. The number of hydrogen-bond acceptors (Lipinski definition) is 1. The molecule has 16 heavy (non-hydrogen) atoms. The molecule has 0 N–H and O–H groups in total. The van der Waals surface area contributed by atoms with Gasteiger partial charge in [0.1, 0.15) is 0 Å². The quantitative estimate of drug-likeness (QED) is 0.598. The van der Waals surface area contributed by atoms with E-state index in [-0.39, 0.29) is 5.91 Å². The largest absolute Gasteiger partial charge is 0.315 e. The Morgan fingerprint density at radius 1 is 1.31 bits per heavy atom. The normalized spacial score (nSPS) is 10.2. The molecule has 1 rings (SSSR count). The Morgan fingerprint density at radius 2 is 2.00 bits per heavy atom. The van der Waals surface area contributed by atoms with E-state index in [1.165, 1.54) is 0 Å². The van der Waals surface area contributed by atoms with E-state index < -0.39 is 0 Å². The second-order valence-corrected chi connectivity index (χ2v) is 4.68. The number of unbranched alkanes of at least 4 members (excludes halogenated alkanes) is 1. The van der Waals surface area contributed by atoms with Crippen molar-refractivity contribution in [3.05, 3.63) is 29.8 Å². The molecule has 0 unspecified atom stereocenters. The number of benzene rings is 1. The monoisotopic (exact) mass is 283 g/mol. The van der Waals surface area contributed by atoms with Gasteiger partial charge in [0.05, 0.1) is 0 Å². The third-order valence-corrected chi connectivity index (χ3v) is 3.19. The highest BCUT2D eigenvalue weighted by Gasteiger charge is 2.11. The molecule has 0 aromatic heterocycles. The standard InChI is InChI=1S/C13H18BrNO/c1-11-7-3-4-8-12(11)15(2)13(16)9-5-6-10-14/h3-4,7-8H,5-6,9-10H2,1-2H3. The molecule has 0 bridgehead atoms. The van der Waals surface area contributed by atoms with Crippen LogP contribution < -0.4 is 4.90 Å². The number of carbonyl (C=O) groups is 1. The zero-order valence-corrected chi connectivity index (χ0v) is 11.5. The summed E-state index contributed by atoms with van der Waals surface area (Å²) in [6.45, 7) is 2.03. The number of hydrogen-bond donors (Lipinski definition) is 0. The van der Waals surface area contributed by atoms with Crippen LogP contribution in [-0.2, 0) is 4.79 Å². The van der Waals surface area contributed by atoms with Crippen molar-refractivity contribution in [1.29, 1.82) is 0 Å². The molecule has 0 fully saturated rings. The average molecular weight is 284 g/mol. The molecular weight excluding hydrogens is 266 g/mol. The molecule has 0 aliphatic carbocycles. The molecule has 88 valence electrons. The molecule has 0 radical (unpaired) electrons. The molecule has 1 aromatic rings. The van der Waals surface area contributed by atoms with Crippen molar-refractivity contribution in [2.24, 2.45) is 0 Å². The van der Waals surface area contributed by atoms with Gasteiger partial charge in [-0.1, -0.05) is 34.1 Å². The lowest BCUT2D eigenvalue weighted by molar-refractivity contribution is -0.118. The Balaban J connectivity index is 2.60. The zero-order chi connectivity index (χ0) is 12.0. The van der Waals surface area contributed by atoms with Crippen LogP contribution >= 0.6 is 15.9 Å². The van der Waals surface area contributed by atoms with Crippen LogP contribution in [0.15, 0.2) is 24.3 Å². The van der Waals surface area contributed by atoms with E-state index in [0.717, 1.165) is 29.4 Å². The topological polar surface area (TPSA) is 20.3 Å². The van der Waals surface area contributed by atoms with Gasteiger partial charge in [-0.3, -0.25) is 4.79 Å². The molecular formula is C13H18BrNO. The summed E-state index contributed by atoms with van der Waals surface area (Å²) in [6, 6.07) is 7.96.